The van der Waals surface area contributed by atoms with Crippen LogP contribution in [-0.4, -0.2) is 16.7 Å². The number of carbonyl (C=O) groups is 2. The van der Waals surface area contributed by atoms with E-state index in [9.17, 15) is 9.59 Å². The van der Waals surface area contributed by atoms with Gasteiger partial charge in [0, 0.05) is 25.7 Å². The predicted molar refractivity (Wildman–Crippen MR) is 136 cm³/mol. The van der Waals surface area contributed by atoms with E-state index in [2.05, 4.69) is 5.32 Å². The SMILES string of the molecule is Cc1ccc(SC2=C(Nc3cccc(Cl)c3C)C(=O)N(Cc3ccc(Cl)cc3Cl)C2=O)cc1. The van der Waals surface area contributed by atoms with Crippen molar-refractivity contribution in [1.29, 1.82) is 0 Å². The van der Waals surface area contributed by atoms with Gasteiger partial charge >= 0.3 is 0 Å². The number of thioether (sulfide) groups is 1. The molecule has 0 aliphatic carbocycles. The second-order valence-corrected chi connectivity index (χ2v) is 9.92. The third-order valence-corrected chi connectivity index (χ3v) is 7.32. The van der Waals surface area contributed by atoms with Crippen molar-refractivity contribution >= 4 is 64.1 Å². The van der Waals surface area contributed by atoms with Crippen molar-refractivity contribution in [3.8, 4) is 0 Å². The number of halogens is 3. The number of imide groups is 1. The van der Waals surface area contributed by atoms with Crippen LogP contribution < -0.4 is 5.32 Å². The fourth-order valence-corrected chi connectivity index (χ4v) is 4.91. The molecule has 8 heteroatoms. The lowest BCUT2D eigenvalue weighted by Gasteiger charge is -2.17. The molecule has 1 aliphatic heterocycles. The van der Waals surface area contributed by atoms with E-state index >= 15 is 0 Å². The highest BCUT2D eigenvalue weighted by atomic mass is 35.5. The number of nitrogens with zero attached hydrogens (tertiary/aromatic N) is 1. The Bertz CT molecular complexity index is 1290. The van der Waals surface area contributed by atoms with E-state index in [0.717, 1.165) is 16.0 Å². The van der Waals surface area contributed by atoms with E-state index in [1.165, 1.54) is 16.7 Å². The second kappa shape index (κ2) is 9.82. The number of nitrogens with one attached hydrogen (secondary N) is 1. The zero-order valence-electron chi connectivity index (χ0n) is 17.8. The van der Waals surface area contributed by atoms with Gasteiger partial charge in [0.2, 0.25) is 0 Å². The van der Waals surface area contributed by atoms with Gasteiger partial charge in [-0.2, -0.15) is 0 Å². The van der Waals surface area contributed by atoms with Gasteiger partial charge in [0.15, 0.2) is 0 Å². The maximum Gasteiger partial charge on any atom is 0.278 e. The first kappa shape index (κ1) is 23.7. The topological polar surface area (TPSA) is 49.4 Å². The van der Waals surface area contributed by atoms with E-state index in [4.69, 9.17) is 34.8 Å². The molecule has 1 aliphatic rings. The second-order valence-electron chi connectivity index (χ2n) is 7.59. The van der Waals surface area contributed by atoms with Crippen molar-refractivity contribution in [2.45, 2.75) is 25.3 Å². The third kappa shape index (κ3) is 5.07. The van der Waals surface area contributed by atoms with Crippen LogP contribution >= 0.6 is 46.6 Å². The molecule has 3 aromatic carbocycles. The number of hydrogen-bond donors (Lipinski definition) is 1. The summed E-state index contributed by atoms with van der Waals surface area (Å²) in [6, 6.07) is 18.1. The van der Waals surface area contributed by atoms with Crippen LogP contribution in [0.4, 0.5) is 5.69 Å². The summed E-state index contributed by atoms with van der Waals surface area (Å²) in [6.07, 6.45) is 0. The summed E-state index contributed by atoms with van der Waals surface area (Å²) in [7, 11) is 0. The van der Waals surface area contributed by atoms with Gasteiger partial charge in [-0.25, -0.2) is 0 Å². The summed E-state index contributed by atoms with van der Waals surface area (Å²) in [6.45, 7) is 3.88. The maximum atomic E-state index is 13.4. The van der Waals surface area contributed by atoms with Crippen LogP contribution in [0.2, 0.25) is 15.1 Å². The van der Waals surface area contributed by atoms with Gasteiger partial charge in [-0.05, 0) is 61.4 Å². The Morgan fingerprint density at radius 3 is 2.30 bits per heavy atom. The summed E-state index contributed by atoms with van der Waals surface area (Å²) in [4.78, 5) is 29.2. The van der Waals surface area contributed by atoms with Crippen molar-refractivity contribution in [2.24, 2.45) is 0 Å². The Morgan fingerprint density at radius 1 is 0.879 bits per heavy atom. The van der Waals surface area contributed by atoms with E-state index in [1.807, 2.05) is 44.2 Å². The van der Waals surface area contributed by atoms with E-state index in [0.29, 0.717) is 31.2 Å². The predicted octanol–water partition coefficient (Wildman–Crippen LogP) is 7.25. The average molecular weight is 518 g/mol. The molecule has 4 nitrogen and oxygen atoms in total. The van der Waals surface area contributed by atoms with Crippen molar-refractivity contribution < 1.29 is 9.59 Å². The number of amides is 2. The van der Waals surface area contributed by atoms with Gasteiger partial charge in [0.1, 0.15) is 10.6 Å². The molecule has 0 unspecified atom stereocenters. The lowest BCUT2D eigenvalue weighted by Crippen LogP contribution is -2.32. The summed E-state index contributed by atoms with van der Waals surface area (Å²) in [5.41, 5.74) is 3.38. The molecule has 0 spiro atoms. The zero-order valence-corrected chi connectivity index (χ0v) is 20.9. The van der Waals surface area contributed by atoms with E-state index < -0.39 is 11.8 Å². The fraction of sp³-hybridized carbons (Fsp3) is 0.120. The maximum absolute atomic E-state index is 13.4. The monoisotopic (exact) mass is 516 g/mol. The Kier molecular flexibility index (Phi) is 7.05. The van der Waals surface area contributed by atoms with Crippen LogP contribution in [0.1, 0.15) is 16.7 Å². The molecule has 168 valence electrons. The smallest absolute Gasteiger partial charge is 0.278 e. The largest absolute Gasteiger partial charge is 0.350 e. The highest BCUT2D eigenvalue weighted by Gasteiger charge is 2.39. The molecule has 0 fully saturated rings. The summed E-state index contributed by atoms with van der Waals surface area (Å²) in [5.74, 6) is -0.821. The molecule has 1 heterocycles. The van der Waals surface area contributed by atoms with Crippen LogP contribution in [0.25, 0.3) is 0 Å². The van der Waals surface area contributed by atoms with Crippen molar-refractivity contribution in [3.63, 3.8) is 0 Å². The van der Waals surface area contributed by atoms with Gasteiger partial charge < -0.3 is 5.32 Å². The molecule has 2 amide bonds. The molecule has 33 heavy (non-hydrogen) atoms. The van der Waals surface area contributed by atoms with Crippen LogP contribution in [0.3, 0.4) is 0 Å². The standard InChI is InChI=1S/C25H19Cl3N2O2S/c1-14-6-10-18(11-7-14)33-23-22(29-21-5-3-4-19(27)15(21)2)24(31)30(25(23)32)13-16-8-9-17(26)12-20(16)28/h3-12,29H,13H2,1-2H3. The molecule has 0 saturated carbocycles. The molecule has 3 aromatic rings. The zero-order chi connectivity index (χ0) is 23.7. The number of benzene rings is 3. The van der Waals surface area contributed by atoms with Crippen LogP contribution in [-0.2, 0) is 16.1 Å². The quantitative estimate of drug-likeness (QED) is 0.350. The van der Waals surface area contributed by atoms with Gasteiger partial charge in [0.05, 0.1) is 6.54 Å². The van der Waals surface area contributed by atoms with E-state index in [1.54, 1.807) is 30.3 Å². The minimum absolute atomic E-state index is 0.0331. The van der Waals surface area contributed by atoms with Crippen molar-refractivity contribution in [2.75, 3.05) is 5.32 Å². The van der Waals surface area contributed by atoms with Gasteiger partial charge in [-0.15, -0.1) is 0 Å². The summed E-state index contributed by atoms with van der Waals surface area (Å²) < 4.78 is 0. The minimum Gasteiger partial charge on any atom is -0.350 e. The Hall–Kier alpha value is -2.44. The number of rotatable bonds is 6. The average Bonchev–Trinajstić information content (AvgIpc) is 2.99. The van der Waals surface area contributed by atoms with Crippen molar-refractivity contribution in [3.05, 3.63) is 103 Å². The van der Waals surface area contributed by atoms with Gasteiger partial charge in [0.25, 0.3) is 11.8 Å². The summed E-state index contributed by atoms with van der Waals surface area (Å²) >= 11 is 19.8. The minimum atomic E-state index is -0.431. The fourth-order valence-electron chi connectivity index (χ4n) is 3.32. The Balaban J connectivity index is 1.71. The Labute approximate surface area is 211 Å². The van der Waals surface area contributed by atoms with Crippen LogP contribution in [0.5, 0.6) is 0 Å². The third-order valence-electron chi connectivity index (χ3n) is 5.24. The first-order chi connectivity index (χ1) is 15.7. The van der Waals surface area contributed by atoms with Crippen LogP contribution in [0, 0.1) is 13.8 Å². The van der Waals surface area contributed by atoms with Gasteiger partial charge in [-0.1, -0.05) is 76.4 Å². The molecule has 1 N–H and O–H groups in total. The lowest BCUT2D eigenvalue weighted by atomic mass is 10.2. The molecule has 0 saturated heterocycles. The van der Waals surface area contributed by atoms with Crippen molar-refractivity contribution in [1.82, 2.24) is 4.90 Å². The molecule has 4 rings (SSSR count). The molecule has 0 atom stereocenters. The number of aryl methyl sites for hydroxylation is 1. The molecular weight excluding hydrogens is 499 g/mol. The lowest BCUT2D eigenvalue weighted by molar-refractivity contribution is -0.137. The molecule has 0 radical (unpaired) electrons. The number of anilines is 1. The number of hydrogen-bond acceptors (Lipinski definition) is 4. The molecular formula is C25H19Cl3N2O2S. The van der Waals surface area contributed by atoms with E-state index in [-0.39, 0.29) is 12.2 Å². The van der Waals surface area contributed by atoms with Gasteiger partial charge in [-0.3, -0.25) is 14.5 Å². The first-order valence-corrected chi connectivity index (χ1v) is 12.0. The summed E-state index contributed by atoms with van der Waals surface area (Å²) in [5, 5.41) is 4.60. The molecule has 0 bridgehead atoms. The molecule has 0 aromatic heterocycles. The van der Waals surface area contributed by atoms with Crippen LogP contribution in [0.15, 0.2) is 76.2 Å². The first-order valence-electron chi connectivity index (χ1n) is 10.1. The normalized spacial score (nSPS) is 13.8. The highest BCUT2D eigenvalue weighted by Crippen LogP contribution is 2.38. The Morgan fingerprint density at radius 2 is 1.61 bits per heavy atom. The number of carbonyl (C=O) groups excluding carboxylic acids is 2. The highest BCUT2D eigenvalue weighted by molar-refractivity contribution is 8.04.